The lowest BCUT2D eigenvalue weighted by Gasteiger charge is -2.72. The number of hydrogen-bond acceptors (Lipinski definition) is 4. The van der Waals surface area contributed by atoms with Crippen molar-refractivity contribution in [3.8, 4) is 0 Å². The summed E-state index contributed by atoms with van der Waals surface area (Å²) in [5, 5.41) is 34.1. The Morgan fingerprint density at radius 2 is 1.69 bits per heavy atom. The predicted octanol–water partition coefficient (Wildman–Crippen LogP) is 5.38. The minimum Gasteiger partial charge on any atom is -0.481 e. The van der Waals surface area contributed by atoms with E-state index in [2.05, 4.69) is 33.8 Å². The molecule has 0 aliphatic heterocycles. The molecule has 0 bridgehead atoms. The molecule has 3 N–H and O–H groups in total. The van der Waals surface area contributed by atoms with Gasteiger partial charge in [-0.1, -0.05) is 53.2 Å². The molecule has 0 radical (unpaired) electrons. The number of aliphatic hydroxyl groups is 2. The normalized spacial score (nSPS) is 55.1. The molecule has 35 heavy (non-hydrogen) atoms. The highest BCUT2D eigenvalue weighted by molar-refractivity contribution is 5.85. The topological polar surface area (TPSA) is 94.8 Å². The number of carbonyl (C=O) groups excluding carboxylic acids is 1. The number of allylic oxidation sites excluding steroid dienone is 1. The number of aliphatic hydroxyl groups excluding tert-OH is 1. The number of carbonyl (C=O) groups is 2. The number of aliphatic carboxylic acids is 1. The second kappa shape index (κ2) is 7.22. The summed E-state index contributed by atoms with van der Waals surface area (Å²) in [4.78, 5) is 25.8. The lowest BCUT2D eigenvalue weighted by Crippen LogP contribution is -2.69. The van der Waals surface area contributed by atoms with Crippen molar-refractivity contribution in [1.82, 2.24) is 0 Å². The molecule has 5 heteroatoms. The van der Waals surface area contributed by atoms with Gasteiger partial charge in [-0.05, 0) is 80.0 Å². The van der Waals surface area contributed by atoms with Gasteiger partial charge in [-0.3, -0.25) is 9.59 Å². The molecule has 0 aromatic carbocycles. The van der Waals surface area contributed by atoms with Crippen molar-refractivity contribution in [2.45, 2.75) is 112 Å². The van der Waals surface area contributed by atoms with Gasteiger partial charge >= 0.3 is 5.97 Å². The zero-order chi connectivity index (χ0) is 26.0. The van der Waals surface area contributed by atoms with Gasteiger partial charge in [-0.25, -0.2) is 0 Å². The molecule has 4 fully saturated rings. The summed E-state index contributed by atoms with van der Waals surface area (Å²) in [5.74, 6) is -0.678. The van der Waals surface area contributed by atoms with Gasteiger partial charge in [-0.15, -0.1) is 0 Å². The number of hydrogen-bond donors (Lipinski definition) is 3. The maximum atomic E-state index is 12.9. The Labute approximate surface area is 210 Å². The van der Waals surface area contributed by atoms with Crippen LogP contribution in [0.4, 0.5) is 0 Å². The van der Waals surface area contributed by atoms with Crippen LogP contribution in [0, 0.1) is 50.7 Å². The van der Waals surface area contributed by atoms with Crippen molar-refractivity contribution in [2.75, 3.05) is 0 Å². The quantitative estimate of drug-likeness (QED) is 0.432. The van der Waals surface area contributed by atoms with E-state index < -0.39 is 34.4 Å². The van der Waals surface area contributed by atoms with Crippen molar-refractivity contribution >= 4 is 11.8 Å². The van der Waals surface area contributed by atoms with E-state index in [0.29, 0.717) is 31.6 Å². The highest BCUT2D eigenvalue weighted by atomic mass is 16.4. The van der Waals surface area contributed by atoms with Crippen LogP contribution in [-0.2, 0) is 9.59 Å². The van der Waals surface area contributed by atoms with E-state index in [0.717, 1.165) is 31.3 Å². The second-order valence-electron chi connectivity index (χ2n) is 14.7. The first-order chi connectivity index (χ1) is 16.0. The first-order valence-corrected chi connectivity index (χ1v) is 13.9. The Morgan fingerprint density at radius 1 is 1.03 bits per heavy atom. The smallest absolute Gasteiger partial charge is 0.310 e. The summed E-state index contributed by atoms with van der Waals surface area (Å²) < 4.78 is 0. The number of ketones is 1. The van der Waals surface area contributed by atoms with Gasteiger partial charge in [-0.2, -0.15) is 0 Å². The molecule has 5 aliphatic carbocycles. The summed E-state index contributed by atoms with van der Waals surface area (Å²) in [6.45, 7) is 14.9. The third-order valence-corrected chi connectivity index (χ3v) is 13.1. The Bertz CT molecular complexity index is 995. The van der Waals surface area contributed by atoms with Gasteiger partial charge in [0.15, 0.2) is 0 Å². The molecule has 0 saturated heterocycles. The predicted molar refractivity (Wildman–Crippen MR) is 134 cm³/mol. The van der Waals surface area contributed by atoms with Gasteiger partial charge in [0.25, 0.3) is 0 Å². The van der Waals surface area contributed by atoms with E-state index >= 15 is 0 Å². The van der Waals surface area contributed by atoms with Gasteiger partial charge in [0.2, 0.25) is 0 Å². The molecule has 0 heterocycles. The van der Waals surface area contributed by atoms with E-state index in [1.54, 1.807) is 0 Å². The summed E-state index contributed by atoms with van der Waals surface area (Å²) >= 11 is 0. The van der Waals surface area contributed by atoms with Crippen molar-refractivity contribution in [3.63, 3.8) is 0 Å². The molecular weight excluding hydrogens is 440 g/mol. The Balaban J connectivity index is 1.67. The van der Waals surface area contributed by atoms with Gasteiger partial charge in [0.1, 0.15) is 5.78 Å². The first kappa shape index (κ1) is 25.4. The van der Waals surface area contributed by atoms with Gasteiger partial charge < -0.3 is 15.3 Å². The van der Waals surface area contributed by atoms with Gasteiger partial charge in [0, 0.05) is 23.7 Å². The first-order valence-electron chi connectivity index (χ1n) is 13.9. The van der Waals surface area contributed by atoms with Crippen LogP contribution in [0.1, 0.15) is 99.8 Å². The maximum absolute atomic E-state index is 12.9. The average Bonchev–Trinajstić information content (AvgIpc) is 2.74. The molecule has 0 aromatic heterocycles. The largest absolute Gasteiger partial charge is 0.481 e. The summed E-state index contributed by atoms with van der Waals surface area (Å²) in [5.41, 5.74) is -2.15. The Hall–Kier alpha value is -1.20. The van der Waals surface area contributed by atoms with Crippen LogP contribution in [0.2, 0.25) is 0 Å². The molecule has 0 amide bonds. The van der Waals surface area contributed by atoms with E-state index in [4.69, 9.17) is 0 Å². The monoisotopic (exact) mass is 486 g/mol. The molecule has 5 rings (SSSR count). The van der Waals surface area contributed by atoms with Crippen LogP contribution in [0.25, 0.3) is 0 Å². The Morgan fingerprint density at radius 3 is 2.31 bits per heavy atom. The summed E-state index contributed by atoms with van der Waals surface area (Å²) in [7, 11) is 0. The third-order valence-electron chi connectivity index (χ3n) is 13.1. The van der Waals surface area contributed by atoms with Gasteiger partial charge in [0.05, 0.1) is 17.1 Å². The molecule has 196 valence electrons. The fourth-order valence-corrected chi connectivity index (χ4v) is 10.8. The number of carboxylic acids is 1. The number of rotatable bonds is 1. The van der Waals surface area contributed by atoms with Crippen LogP contribution in [-0.4, -0.2) is 38.8 Å². The minimum atomic E-state index is -1.09. The summed E-state index contributed by atoms with van der Waals surface area (Å²) in [6, 6.07) is 0. The molecule has 5 aliphatic rings. The van der Waals surface area contributed by atoms with E-state index in [1.165, 1.54) is 0 Å². The SMILES string of the molecule is CC1CC[C@]2(C(=O)O)CC[C@]3(C)C(=CC[C@H]4[C@@]5(C)CCC(=O)C(C)(C)[C@H]5C(O)C[C@]43C)[C@H]2[C@]1(C)O. The molecule has 4 saturated carbocycles. The molecule has 10 atom stereocenters. The average molecular weight is 487 g/mol. The third kappa shape index (κ3) is 2.83. The lowest BCUT2D eigenvalue weighted by atomic mass is 9.32. The van der Waals surface area contributed by atoms with Crippen LogP contribution < -0.4 is 0 Å². The van der Waals surface area contributed by atoms with Crippen LogP contribution >= 0.6 is 0 Å². The summed E-state index contributed by atoms with van der Waals surface area (Å²) in [6.07, 6.45) is 7.18. The number of Topliss-reactive ketones (excluding diaryl/α,β-unsaturated/α-hetero) is 1. The zero-order valence-electron chi connectivity index (χ0n) is 22.8. The van der Waals surface area contributed by atoms with Crippen molar-refractivity contribution < 1.29 is 24.9 Å². The van der Waals surface area contributed by atoms with Crippen LogP contribution in [0.3, 0.4) is 0 Å². The minimum absolute atomic E-state index is 0.0257. The van der Waals surface area contributed by atoms with E-state index in [1.807, 2.05) is 20.8 Å². The van der Waals surface area contributed by atoms with Crippen molar-refractivity contribution in [3.05, 3.63) is 11.6 Å². The molecule has 0 spiro atoms. The van der Waals surface area contributed by atoms with Crippen molar-refractivity contribution in [2.24, 2.45) is 50.7 Å². The number of fused-ring (bicyclic) bond motifs is 7. The lowest BCUT2D eigenvalue weighted by molar-refractivity contribution is -0.228. The van der Waals surface area contributed by atoms with Crippen molar-refractivity contribution in [1.29, 1.82) is 0 Å². The highest BCUT2D eigenvalue weighted by Gasteiger charge is 2.72. The fourth-order valence-electron chi connectivity index (χ4n) is 10.8. The van der Waals surface area contributed by atoms with E-state index in [-0.39, 0.29) is 33.9 Å². The highest BCUT2D eigenvalue weighted by Crippen LogP contribution is 2.75. The zero-order valence-corrected chi connectivity index (χ0v) is 22.8. The standard InChI is InChI=1S/C30H46O5/c1-17-10-13-30(24(33)34)15-14-27(5)18(22(30)29(17,7)35)8-9-20-26(4)12-11-21(32)25(2,3)23(26)19(31)16-28(20,27)6/h8,17,19-20,22-23,31,35H,9-16H2,1-7H3,(H,33,34)/t17?,19?,20-,22-,23+,26+,27+,28+,29+,30-/m0/s1. The second-order valence-corrected chi connectivity index (χ2v) is 14.7. The number of carboxylic acid groups (broad SMARTS) is 1. The molecular formula is C30H46O5. The van der Waals surface area contributed by atoms with E-state index in [9.17, 15) is 24.9 Å². The molecule has 5 nitrogen and oxygen atoms in total. The molecule has 2 unspecified atom stereocenters. The molecule has 0 aromatic rings. The van der Waals surface area contributed by atoms with Crippen LogP contribution in [0.5, 0.6) is 0 Å². The fraction of sp³-hybridized carbons (Fsp3) is 0.867. The Kier molecular flexibility index (Phi) is 5.25. The maximum Gasteiger partial charge on any atom is 0.310 e. The van der Waals surface area contributed by atoms with Crippen LogP contribution in [0.15, 0.2) is 11.6 Å².